The van der Waals surface area contributed by atoms with E-state index in [1.54, 1.807) is 26.6 Å². The summed E-state index contributed by atoms with van der Waals surface area (Å²) in [7, 11) is 3.26. The van der Waals surface area contributed by atoms with Crippen molar-refractivity contribution in [1.29, 1.82) is 0 Å². The van der Waals surface area contributed by atoms with E-state index in [2.05, 4.69) is 20.2 Å². The molecule has 0 aliphatic carbocycles. The van der Waals surface area contributed by atoms with Gasteiger partial charge >= 0.3 is 0 Å². The molecule has 0 aliphatic heterocycles. The van der Waals surface area contributed by atoms with Crippen LogP contribution >= 0.6 is 0 Å². The molecule has 0 amide bonds. The second-order valence-electron chi connectivity index (χ2n) is 6.27. The molecule has 7 nitrogen and oxygen atoms in total. The average Bonchev–Trinajstić information content (AvgIpc) is 2.83. The van der Waals surface area contributed by atoms with Gasteiger partial charge in [0.2, 0.25) is 0 Å². The number of azo groups is 1. The number of aromatic nitrogens is 3. The summed E-state index contributed by atoms with van der Waals surface area (Å²) in [5.41, 5.74) is 3.47. The molecule has 30 heavy (non-hydrogen) atoms. The van der Waals surface area contributed by atoms with Crippen molar-refractivity contribution in [3.05, 3.63) is 79.1 Å². The van der Waals surface area contributed by atoms with Crippen LogP contribution in [0.15, 0.2) is 89.4 Å². The van der Waals surface area contributed by atoms with E-state index in [4.69, 9.17) is 14.5 Å². The standard InChI is InChI=1S/C23H19N5O2/c1-29-18-10-6-16(7-11-18)22-21(28-27-17-8-12-19(30-2)13-9-17)15-25-23(26-22)20-5-3-4-14-24-20/h3-15H,1-2H3. The molecule has 0 atom stereocenters. The van der Waals surface area contributed by atoms with E-state index in [0.717, 1.165) is 17.1 Å². The molecule has 0 spiro atoms. The number of pyridine rings is 1. The fourth-order valence-corrected chi connectivity index (χ4v) is 2.79. The van der Waals surface area contributed by atoms with Crippen molar-refractivity contribution in [3.63, 3.8) is 0 Å². The first-order valence-corrected chi connectivity index (χ1v) is 9.25. The largest absolute Gasteiger partial charge is 0.497 e. The molecule has 0 bridgehead atoms. The van der Waals surface area contributed by atoms with Crippen molar-refractivity contribution in [2.75, 3.05) is 14.2 Å². The van der Waals surface area contributed by atoms with Gasteiger partial charge in [-0.1, -0.05) is 6.07 Å². The maximum Gasteiger partial charge on any atom is 0.178 e. The minimum absolute atomic E-state index is 0.518. The minimum Gasteiger partial charge on any atom is -0.497 e. The number of benzene rings is 2. The quantitative estimate of drug-likeness (QED) is 0.393. The molecule has 2 aromatic carbocycles. The van der Waals surface area contributed by atoms with Gasteiger partial charge in [-0.15, -0.1) is 5.11 Å². The molecule has 0 saturated carbocycles. The third-order valence-electron chi connectivity index (χ3n) is 4.37. The fraction of sp³-hybridized carbons (Fsp3) is 0.0870. The SMILES string of the molecule is COc1ccc(N=Nc2cnc(-c3ccccn3)nc2-c2ccc(OC)cc2)cc1. The van der Waals surface area contributed by atoms with Gasteiger partial charge in [-0.05, 0) is 60.7 Å². The Morgan fingerprint density at radius 1 is 0.733 bits per heavy atom. The molecule has 0 N–H and O–H groups in total. The Morgan fingerprint density at radius 2 is 1.43 bits per heavy atom. The Labute approximate surface area is 174 Å². The summed E-state index contributed by atoms with van der Waals surface area (Å²) in [6, 6.07) is 20.6. The van der Waals surface area contributed by atoms with Gasteiger partial charge in [-0.3, -0.25) is 4.98 Å². The van der Waals surface area contributed by atoms with E-state index in [0.29, 0.717) is 28.6 Å². The number of hydrogen-bond donors (Lipinski definition) is 0. The highest BCUT2D eigenvalue weighted by molar-refractivity contribution is 5.73. The number of ether oxygens (including phenoxy) is 2. The summed E-state index contributed by atoms with van der Waals surface area (Å²) >= 11 is 0. The molecule has 148 valence electrons. The summed E-state index contributed by atoms with van der Waals surface area (Å²) in [5.74, 6) is 2.04. The van der Waals surface area contributed by atoms with Crippen LogP contribution in [0.1, 0.15) is 0 Å². The molecule has 2 heterocycles. The van der Waals surface area contributed by atoms with E-state index >= 15 is 0 Å². The van der Waals surface area contributed by atoms with Crippen LogP contribution in [0.4, 0.5) is 11.4 Å². The van der Waals surface area contributed by atoms with Crippen molar-refractivity contribution in [1.82, 2.24) is 15.0 Å². The van der Waals surface area contributed by atoms with Gasteiger partial charge in [-0.25, -0.2) is 9.97 Å². The van der Waals surface area contributed by atoms with Crippen LogP contribution in [0.25, 0.3) is 22.8 Å². The average molecular weight is 397 g/mol. The van der Waals surface area contributed by atoms with Gasteiger partial charge in [0.05, 0.1) is 26.1 Å². The maximum absolute atomic E-state index is 5.26. The van der Waals surface area contributed by atoms with Crippen molar-refractivity contribution < 1.29 is 9.47 Å². The Kier molecular flexibility index (Phi) is 5.70. The topological polar surface area (TPSA) is 81.9 Å². The van der Waals surface area contributed by atoms with Gasteiger partial charge in [0.25, 0.3) is 0 Å². The molecular weight excluding hydrogens is 378 g/mol. The molecule has 4 rings (SSSR count). The Morgan fingerprint density at radius 3 is 2.07 bits per heavy atom. The first kappa shape index (κ1) is 19.2. The summed E-state index contributed by atoms with van der Waals surface area (Å²) < 4.78 is 10.4. The maximum atomic E-state index is 5.26. The van der Waals surface area contributed by atoms with E-state index in [9.17, 15) is 0 Å². The Bertz CT molecular complexity index is 1140. The second kappa shape index (κ2) is 8.91. The lowest BCUT2D eigenvalue weighted by Gasteiger charge is -2.08. The van der Waals surface area contributed by atoms with Gasteiger partial charge in [0.1, 0.15) is 28.6 Å². The van der Waals surface area contributed by atoms with Crippen molar-refractivity contribution in [2.45, 2.75) is 0 Å². The fourth-order valence-electron chi connectivity index (χ4n) is 2.79. The molecule has 0 radical (unpaired) electrons. The van der Waals surface area contributed by atoms with Crippen molar-refractivity contribution in [3.8, 4) is 34.3 Å². The highest BCUT2D eigenvalue weighted by Crippen LogP contribution is 2.32. The van der Waals surface area contributed by atoms with Crippen LogP contribution in [-0.2, 0) is 0 Å². The third kappa shape index (κ3) is 4.30. The Hall–Kier alpha value is -4.13. The molecule has 0 saturated heterocycles. The Balaban J connectivity index is 1.75. The van der Waals surface area contributed by atoms with Crippen LogP contribution in [0, 0.1) is 0 Å². The number of hydrogen-bond acceptors (Lipinski definition) is 7. The summed E-state index contributed by atoms with van der Waals surface area (Å²) in [5, 5.41) is 8.72. The zero-order chi connectivity index (χ0) is 20.8. The van der Waals surface area contributed by atoms with Crippen molar-refractivity contribution in [2.24, 2.45) is 10.2 Å². The molecule has 0 aliphatic rings. The minimum atomic E-state index is 0.518. The molecule has 0 unspecified atom stereocenters. The molecular formula is C23H19N5O2. The van der Waals surface area contributed by atoms with Crippen LogP contribution in [0.2, 0.25) is 0 Å². The van der Waals surface area contributed by atoms with E-state index < -0.39 is 0 Å². The smallest absolute Gasteiger partial charge is 0.178 e. The summed E-state index contributed by atoms with van der Waals surface area (Å²) in [6.07, 6.45) is 3.37. The van der Waals surface area contributed by atoms with Gasteiger partial charge in [0.15, 0.2) is 5.82 Å². The lowest BCUT2D eigenvalue weighted by atomic mass is 10.1. The number of methoxy groups -OCH3 is 2. The monoisotopic (exact) mass is 397 g/mol. The van der Waals surface area contributed by atoms with E-state index in [1.807, 2.05) is 66.7 Å². The lowest BCUT2D eigenvalue weighted by Crippen LogP contribution is -1.94. The van der Waals surface area contributed by atoms with Crippen LogP contribution in [-0.4, -0.2) is 29.2 Å². The predicted molar refractivity (Wildman–Crippen MR) is 114 cm³/mol. The van der Waals surface area contributed by atoms with Crippen LogP contribution in [0.3, 0.4) is 0 Å². The second-order valence-corrected chi connectivity index (χ2v) is 6.27. The zero-order valence-electron chi connectivity index (χ0n) is 16.6. The first-order chi connectivity index (χ1) is 14.8. The first-order valence-electron chi connectivity index (χ1n) is 9.25. The van der Waals surface area contributed by atoms with Gasteiger partial charge in [-0.2, -0.15) is 5.11 Å². The van der Waals surface area contributed by atoms with Crippen LogP contribution < -0.4 is 9.47 Å². The molecule has 4 aromatic rings. The normalized spacial score (nSPS) is 10.9. The van der Waals surface area contributed by atoms with Gasteiger partial charge in [0, 0.05) is 11.8 Å². The molecule has 0 fully saturated rings. The van der Waals surface area contributed by atoms with Crippen molar-refractivity contribution >= 4 is 11.4 Å². The highest BCUT2D eigenvalue weighted by atomic mass is 16.5. The number of rotatable bonds is 6. The highest BCUT2D eigenvalue weighted by Gasteiger charge is 2.12. The van der Waals surface area contributed by atoms with Crippen LogP contribution in [0.5, 0.6) is 11.5 Å². The third-order valence-corrected chi connectivity index (χ3v) is 4.37. The molecule has 2 aromatic heterocycles. The van der Waals surface area contributed by atoms with Gasteiger partial charge < -0.3 is 9.47 Å². The lowest BCUT2D eigenvalue weighted by molar-refractivity contribution is 0.414. The van der Waals surface area contributed by atoms with E-state index in [1.165, 1.54) is 0 Å². The predicted octanol–water partition coefficient (Wildman–Crippen LogP) is 5.64. The summed E-state index contributed by atoms with van der Waals surface area (Å²) in [6.45, 7) is 0. The van der Waals surface area contributed by atoms with E-state index in [-0.39, 0.29) is 0 Å². The summed E-state index contributed by atoms with van der Waals surface area (Å²) in [4.78, 5) is 13.5. The molecule has 7 heteroatoms. The number of nitrogens with zero attached hydrogens (tertiary/aromatic N) is 5. The zero-order valence-corrected chi connectivity index (χ0v) is 16.6.